The lowest BCUT2D eigenvalue weighted by atomic mass is 10.1. The number of benzene rings is 2. The quantitative estimate of drug-likeness (QED) is 0.642. The number of anilines is 1. The maximum atomic E-state index is 12.9. The van der Waals surface area contributed by atoms with Crippen LogP contribution in [0.4, 0.5) is 5.69 Å². The minimum absolute atomic E-state index is 0.0360. The molecule has 0 saturated carbocycles. The van der Waals surface area contributed by atoms with E-state index in [0.717, 1.165) is 30.1 Å². The van der Waals surface area contributed by atoms with E-state index < -0.39 is 0 Å². The lowest BCUT2D eigenvalue weighted by molar-refractivity contribution is 0.0746. The van der Waals surface area contributed by atoms with Crippen LogP contribution in [0, 0.1) is 0 Å². The van der Waals surface area contributed by atoms with E-state index in [2.05, 4.69) is 10.2 Å². The molecule has 0 aliphatic carbocycles. The van der Waals surface area contributed by atoms with Crippen LogP contribution in [0.1, 0.15) is 25.6 Å². The number of nitrogens with zero attached hydrogens (tertiary/aromatic N) is 2. The highest BCUT2D eigenvalue weighted by Gasteiger charge is 2.23. The van der Waals surface area contributed by atoms with Gasteiger partial charge >= 0.3 is 0 Å². The number of piperazine rings is 1. The van der Waals surface area contributed by atoms with Crippen LogP contribution in [0.5, 0.6) is 5.75 Å². The molecule has 7 heteroatoms. The molecule has 1 aromatic heterocycles. The van der Waals surface area contributed by atoms with Gasteiger partial charge in [-0.2, -0.15) is 0 Å². The maximum Gasteiger partial charge on any atom is 0.261 e. The topological polar surface area (TPSA) is 61.9 Å². The fraction of sp³-hybridized carbons (Fsp3) is 0.250. The summed E-state index contributed by atoms with van der Waals surface area (Å²) in [6, 6.07) is 19.1. The number of hydrogen-bond donors (Lipinski definition) is 1. The second kappa shape index (κ2) is 9.66. The predicted octanol–water partition coefficient (Wildman–Crippen LogP) is 3.65. The predicted molar refractivity (Wildman–Crippen MR) is 123 cm³/mol. The number of carbonyl (C=O) groups is 2. The van der Waals surface area contributed by atoms with Gasteiger partial charge in [0.15, 0.2) is 0 Å². The van der Waals surface area contributed by atoms with Crippen LogP contribution in [-0.2, 0) is 6.54 Å². The molecule has 1 saturated heterocycles. The van der Waals surface area contributed by atoms with Gasteiger partial charge in [-0.15, -0.1) is 11.3 Å². The van der Waals surface area contributed by atoms with Gasteiger partial charge in [-0.05, 0) is 41.3 Å². The molecule has 31 heavy (non-hydrogen) atoms. The zero-order valence-electron chi connectivity index (χ0n) is 17.4. The van der Waals surface area contributed by atoms with Crippen molar-refractivity contribution in [2.24, 2.45) is 0 Å². The van der Waals surface area contributed by atoms with E-state index >= 15 is 0 Å². The molecule has 3 aromatic rings. The Morgan fingerprint density at radius 1 is 0.968 bits per heavy atom. The summed E-state index contributed by atoms with van der Waals surface area (Å²) in [5, 5.41) is 4.78. The standard InChI is InChI=1S/C24H25N3O3S/c1-30-21-6-3-2-5-20(21)26-12-14-27(15-13-26)24(29)19-10-8-18(9-11-19)17-25-23(28)22-7-4-16-31-22/h2-11,16H,12-15,17H2,1H3,(H,25,28). The Balaban J connectivity index is 1.31. The number of ether oxygens (including phenoxy) is 1. The van der Waals surface area contributed by atoms with Gasteiger partial charge in [-0.1, -0.05) is 30.3 Å². The SMILES string of the molecule is COc1ccccc1N1CCN(C(=O)c2ccc(CNC(=O)c3cccs3)cc2)CC1. The number of para-hydroxylation sites is 2. The van der Waals surface area contributed by atoms with E-state index in [0.29, 0.717) is 30.1 Å². The molecule has 0 radical (unpaired) electrons. The average Bonchev–Trinajstić information content (AvgIpc) is 3.38. The molecular formula is C24H25N3O3S. The summed E-state index contributed by atoms with van der Waals surface area (Å²) in [5.74, 6) is 0.806. The Morgan fingerprint density at radius 2 is 1.71 bits per heavy atom. The van der Waals surface area contributed by atoms with E-state index in [1.54, 1.807) is 13.2 Å². The number of carbonyl (C=O) groups excluding carboxylic acids is 2. The van der Waals surface area contributed by atoms with Crippen molar-refractivity contribution in [1.82, 2.24) is 10.2 Å². The Morgan fingerprint density at radius 3 is 2.39 bits per heavy atom. The van der Waals surface area contributed by atoms with E-state index in [4.69, 9.17) is 4.74 Å². The minimum atomic E-state index is -0.0805. The highest BCUT2D eigenvalue weighted by molar-refractivity contribution is 7.12. The Hall–Kier alpha value is -3.32. The molecule has 6 nitrogen and oxygen atoms in total. The monoisotopic (exact) mass is 435 g/mol. The van der Waals surface area contributed by atoms with Gasteiger partial charge in [0.05, 0.1) is 17.7 Å². The molecule has 0 bridgehead atoms. The number of hydrogen-bond acceptors (Lipinski definition) is 5. The van der Waals surface area contributed by atoms with Crippen molar-refractivity contribution < 1.29 is 14.3 Å². The third-order valence-corrected chi connectivity index (χ3v) is 6.26. The van der Waals surface area contributed by atoms with Crippen molar-refractivity contribution >= 4 is 28.8 Å². The van der Waals surface area contributed by atoms with E-state index in [1.165, 1.54) is 11.3 Å². The second-order valence-corrected chi connectivity index (χ2v) is 8.26. The largest absolute Gasteiger partial charge is 0.495 e. The molecule has 2 amide bonds. The fourth-order valence-electron chi connectivity index (χ4n) is 3.67. The molecule has 0 unspecified atom stereocenters. The average molecular weight is 436 g/mol. The first-order chi connectivity index (χ1) is 15.2. The van der Waals surface area contributed by atoms with Crippen LogP contribution < -0.4 is 15.0 Å². The molecule has 0 atom stereocenters. The van der Waals surface area contributed by atoms with Crippen LogP contribution in [0.3, 0.4) is 0 Å². The van der Waals surface area contributed by atoms with E-state index in [9.17, 15) is 9.59 Å². The summed E-state index contributed by atoms with van der Waals surface area (Å²) in [5.41, 5.74) is 2.69. The molecule has 1 aliphatic heterocycles. The number of nitrogens with one attached hydrogen (secondary N) is 1. The van der Waals surface area contributed by atoms with Crippen LogP contribution >= 0.6 is 11.3 Å². The van der Waals surface area contributed by atoms with Crippen LogP contribution in [0.2, 0.25) is 0 Å². The van der Waals surface area contributed by atoms with Gasteiger partial charge in [-0.25, -0.2) is 0 Å². The minimum Gasteiger partial charge on any atom is -0.495 e. The van der Waals surface area contributed by atoms with Crippen molar-refractivity contribution in [3.8, 4) is 5.75 Å². The van der Waals surface area contributed by atoms with Crippen LogP contribution in [-0.4, -0.2) is 50.0 Å². The summed E-state index contributed by atoms with van der Waals surface area (Å²) in [6.45, 7) is 3.28. The lowest BCUT2D eigenvalue weighted by Crippen LogP contribution is -2.48. The fourth-order valence-corrected chi connectivity index (χ4v) is 4.31. The van der Waals surface area contributed by atoms with Gasteiger partial charge < -0.3 is 19.9 Å². The highest BCUT2D eigenvalue weighted by Crippen LogP contribution is 2.28. The Bertz CT molecular complexity index is 1030. The maximum absolute atomic E-state index is 12.9. The zero-order valence-corrected chi connectivity index (χ0v) is 18.2. The van der Waals surface area contributed by atoms with E-state index in [-0.39, 0.29) is 11.8 Å². The summed E-state index contributed by atoms with van der Waals surface area (Å²) < 4.78 is 5.46. The van der Waals surface area contributed by atoms with Gasteiger partial charge in [0, 0.05) is 38.3 Å². The Kier molecular flexibility index (Phi) is 6.52. The zero-order chi connectivity index (χ0) is 21.6. The van der Waals surface area contributed by atoms with Gasteiger partial charge in [0.25, 0.3) is 11.8 Å². The first-order valence-corrected chi connectivity index (χ1v) is 11.1. The molecule has 4 rings (SSSR count). The molecular weight excluding hydrogens is 410 g/mol. The first-order valence-electron chi connectivity index (χ1n) is 10.2. The van der Waals surface area contributed by atoms with Gasteiger partial charge in [-0.3, -0.25) is 9.59 Å². The molecule has 1 aliphatic rings. The number of amides is 2. The summed E-state index contributed by atoms with van der Waals surface area (Å²) >= 11 is 1.42. The van der Waals surface area contributed by atoms with Crippen molar-refractivity contribution in [2.75, 3.05) is 38.2 Å². The van der Waals surface area contributed by atoms with Gasteiger partial charge in [0.2, 0.25) is 0 Å². The smallest absolute Gasteiger partial charge is 0.261 e. The summed E-state index contributed by atoms with van der Waals surface area (Å²) in [7, 11) is 1.68. The highest BCUT2D eigenvalue weighted by atomic mass is 32.1. The number of methoxy groups -OCH3 is 1. The molecule has 2 heterocycles. The normalized spacial score (nSPS) is 13.7. The third-order valence-electron chi connectivity index (χ3n) is 5.39. The van der Waals surface area contributed by atoms with Crippen molar-refractivity contribution in [3.05, 3.63) is 82.0 Å². The Labute approximate surface area is 186 Å². The second-order valence-electron chi connectivity index (χ2n) is 7.31. The molecule has 2 aromatic carbocycles. The third kappa shape index (κ3) is 4.88. The molecule has 160 valence electrons. The van der Waals surface area contributed by atoms with Crippen LogP contribution in [0.15, 0.2) is 66.0 Å². The summed E-state index contributed by atoms with van der Waals surface area (Å²) in [6.07, 6.45) is 0. The van der Waals surface area contributed by atoms with Crippen molar-refractivity contribution in [1.29, 1.82) is 0 Å². The first kappa shape index (κ1) is 20.9. The molecule has 1 N–H and O–H groups in total. The van der Waals surface area contributed by atoms with Crippen LogP contribution in [0.25, 0.3) is 0 Å². The molecule has 1 fully saturated rings. The van der Waals surface area contributed by atoms with Crippen molar-refractivity contribution in [2.45, 2.75) is 6.54 Å². The lowest BCUT2D eigenvalue weighted by Gasteiger charge is -2.36. The van der Waals surface area contributed by atoms with Crippen molar-refractivity contribution in [3.63, 3.8) is 0 Å². The summed E-state index contributed by atoms with van der Waals surface area (Å²) in [4.78, 5) is 29.8. The molecule has 0 spiro atoms. The number of rotatable bonds is 6. The number of thiophene rings is 1. The van der Waals surface area contributed by atoms with Gasteiger partial charge in [0.1, 0.15) is 5.75 Å². The van der Waals surface area contributed by atoms with E-state index in [1.807, 2.05) is 64.9 Å².